The minimum atomic E-state index is -2.51. The summed E-state index contributed by atoms with van der Waals surface area (Å²) in [7, 11) is 0. The lowest BCUT2D eigenvalue weighted by Gasteiger charge is -2.29. The third-order valence-corrected chi connectivity index (χ3v) is 9.33. The van der Waals surface area contributed by atoms with Crippen molar-refractivity contribution in [3.63, 3.8) is 0 Å². The fourth-order valence-corrected chi connectivity index (χ4v) is 6.28. The number of anilines is 2. The molecule has 4 aliphatic rings. The Hall–Kier alpha value is -3.81. The van der Waals surface area contributed by atoms with Crippen LogP contribution in [0.15, 0.2) is 36.7 Å². The molecule has 0 radical (unpaired) electrons. The molecule has 8 rings (SSSR count). The van der Waals surface area contributed by atoms with Crippen molar-refractivity contribution >= 4 is 23.2 Å². The van der Waals surface area contributed by atoms with Crippen molar-refractivity contribution in [1.29, 1.82) is 0 Å². The Labute approximate surface area is 288 Å². The smallest absolute Gasteiger partial charge is 0.252 e. The largest absolute Gasteiger partial charge is 0.367 e. The molecule has 0 spiro atoms. The molecule has 4 aliphatic carbocycles. The number of nitrogens with one attached hydrogen (secondary N) is 3. The first-order valence-electron chi connectivity index (χ1n) is 17.1. The number of hydrogen-bond donors (Lipinski definition) is 3. The lowest BCUT2D eigenvalue weighted by atomic mass is 9.92. The maximum absolute atomic E-state index is 13.3. The molecule has 3 N–H and O–H groups in total. The van der Waals surface area contributed by atoms with E-state index in [1.807, 2.05) is 38.4 Å². The van der Waals surface area contributed by atoms with E-state index in [0.29, 0.717) is 49.2 Å². The molecule has 0 bridgehead atoms. The second-order valence-corrected chi connectivity index (χ2v) is 14.0. The Morgan fingerprint density at radius 2 is 1.29 bits per heavy atom. The topological polar surface area (TPSA) is 122 Å². The van der Waals surface area contributed by atoms with E-state index < -0.39 is 11.8 Å². The number of aryl methyl sites for hydroxylation is 2. The molecule has 0 unspecified atom stereocenters. The van der Waals surface area contributed by atoms with Crippen LogP contribution in [0.5, 0.6) is 0 Å². The molecule has 49 heavy (non-hydrogen) atoms. The lowest BCUT2D eigenvalue weighted by Crippen LogP contribution is -2.32. The summed E-state index contributed by atoms with van der Waals surface area (Å²) in [6.07, 6.45) is 10.3. The molecule has 0 aliphatic heterocycles. The molecule has 0 amide bonds. The normalized spacial score (nSPS) is 20.4. The van der Waals surface area contributed by atoms with Gasteiger partial charge in [0.05, 0.1) is 5.69 Å². The summed E-state index contributed by atoms with van der Waals surface area (Å²) in [5.41, 5.74) is 3.98. The number of rotatable bonds is 7. The van der Waals surface area contributed by atoms with E-state index in [0.717, 1.165) is 23.0 Å². The zero-order chi connectivity index (χ0) is 34.6. The summed E-state index contributed by atoms with van der Waals surface area (Å²) in [5, 5.41) is 18.0. The van der Waals surface area contributed by atoms with Crippen LogP contribution in [-0.4, -0.2) is 63.8 Å². The van der Waals surface area contributed by atoms with E-state index >= 15 is 0 Å². The van der Waals surface area contributed by atoms with E-state index in [1.54, 1.807) is 10.7 Å². The number of hydrogen-bond acceptors (Lipinski definition) is 8. The first kappa shape index (κ1) is 35.0. The van der Waals surface area contributed by atoms with Crippen molar-refractivity contribution in [2.75, 3.05) is 10.6 Å². The second-order valence-electron chi connectivity index (χ2n) is 13.7. The highest BCUT2D eigenvalue weighted by molar-refractivity contribution is 6.28. The molecular formula is C34H43ClF4N10. The molecule has 264 valence electrons. The molecule has 0 atom stereocenters. The lowest BCUT2D eigenvalue weighted by molar-refractivity contribution is -0.0366. The Morgan fingerprint density at radius 3 is 1.80 bits per heavy atom. The number of nitrogens with zero attached hydrogens (tertiary/aromatic N) is 7. The van der Waals surface area contributed by atoms with Gasteiger partial charge in [0.1, 0.15) is 11.6 Å². The average molecular weight is 703 g/mol. The monoisotopic (exact) mass is 702 g/mol. The first-order valence-corrected chi connectivity index (χ1v) is 17.5. The number of H-pyrrole nitrogens is 1. The Kier molecular flexibility index (Phi) is 10.7. The second kappa shape index (κ2) is 15.0. The van der Waals surface area contributed by atoms with Gasteiger partial charge in [-0.3, -0.25) is 5.10 Å². The first-order chi connectivity index (χ1) is 23.4. The quantitative estimate of drug-likeness (QED) is 0.129. The van der Waals surface area contributed by atoms with Crippen molar-refractivity contribution < 1.29 is 17.6 Å². The van der Waals surface area contributed by atoms with Crippen LogP contribution < -0.4 is 10.6 Å². The van der Waals surface area contributed by atoms with Crippen LogP contribution in [0.25, 0.3) is 5.95 Å². The van der Waals surface area contributed by atoms with Crippen molar-refractivity contribution in [1.82, 2.24) is 39.9 Å². The summed E-state index contributed by atoms with van der Waals surface area (Å²) >= 11 is 5.73. The van der Waals surface area contributed by atoms with Crippen molar-refractivity contribution in [2.24, 2.45) is 0 Å². The summed E-state index contributed by atoms with van der Waals surface area (Å²) < 4.78 is 54.2. The molecule has 4 saturated carbocycles. The number of aromatic nitrogens is 8. The van der Waals surface area contributed by atoms with Crippen molar-refractivity contribution in [3.8, 4) is 5.95 Å². The molecule has 4 heterocycles. The number of halogens is 5. The van der Waals surface area contributed by atoms with E-state index in [4.69, 9.17) is 11.6 Å². The Morgan fingerprint density at radius 1 is 0.735 bits per heavy atom. The van der Waals surface area contributed by atoms with Gasteiger partial charge in [-0.25, -0.2) is 37.2 Å². The fourth-order valence-electron chi connectivity index (χ4n) is 6.06. The predicted molar refractivity (Wildman–Crippen MR) is 180 cm³/mol. The van der Waals surface area contributed by atoms with Crippen LogP contribution in [0.4, 0.5) is 29.2 Å². The molecule has 15 heteroatoms. The van der Waals surface area contributed by atoms with Gasteiger partial charge in [0, 0.05) is 91.2 Å². The standard InChI is InChI=1S/C17H21F2N5.C11H14ClF2N3.C6H8N2/c1-11-10-15(21-13-4-7-17(18,19)8-5-13)22-16(20-11)24-9-6-14(23-24)12-2-3-12;1-7-6-9(17-10(12)15-7)16-8-2-4-11(13,14)5-3-8;1-2-5(1)6-3-4-7-8-6/h6,9-10,12-13H,2-5,7-8H2,1H3,(H,20,21,22);6,8H,2-5H2,1H3,(H,15,16,17);3-5H,1-2H2,(H,7,8). The van der Waals surface area contributed by atoms with Crippen LogP contribution in [0, 0.1) is 13.8 Å². The highest BCUT2D eigenvalue weighted by Crippen LogP contribution is 2.40. The van der Waals surface area contributed by atoms with Crippen LogP contribution in [0.2, 0.25) is 5.28 Å². The molecular weight excluding hydrogens is 660 g/mol. The Bertz CT molecular complexity index is 1630. The summed E-state index contributed by atoms with van der Waals surface area (Å²) in [6, 6.07) is 7.75. The summed E-state index contributed by atoms with van der Waals surface area (Å²) in [6.45, 7) is 3.71. The van der Waals surface area contributed by atoms with Gasteiger partial charge in [0.2, 0.25) is 17.1 Å². The van der Waals surface area contributed by atoms with Gasteiger partial charge in [-0.15, -0.1) is 0 Å². The highest BCUT2D eigenvalue weighted by atomic mass is 35.5. The summed E-state index contributed by atoms with van der Waals surface area (Å²) in [5.74, 6) is -1.81. The number of aromatic amines is 1. The van der Waals surface area contributed by atoms with Crippen molar-refractivity contribution in [2.45, 2.75) is 127 Å². The van der Waals surface area contributed by atoms with Gasteiger partial charge < -0.3 is 10.6 Å². The van der Waals surface area contributed by atoms with Gasteiger partial charge in [-0.2, -0.15) is 15.2 Å². The van der Waals surface area contributed by atoms with Gasteiger partial charge >= 0.3 is 0 Å². The van der Waals surface area contributed by atoms with Crippen LogP contribution >= 0.6 is 11.6 Å². The van der Waals surface area contributed by atoms with Gasteiger partial charge in [-0.05, 0) is 88.9 Å². The van der Waals surface area contributed by atoms with Gasteiger partial charge in [0.25, 0.3) is 5.95 Å². The van der Waals surface area contributed by atoms with E-state index in [9.17, 15) is 17.6 Å². The van der Waals surface area contributed by atoms with Crippen LogP contribution in [-0.2, 0) is 0 Å². The SMILES string of the molecule is Cc1cc(NC2CCC(F)(F)CC2)nc(-n2ccc(C3CC3)n2)n1.Cc1cc(NC2CCC(F)(F)CC2)nc(Cl)n1.c1cc(C2CC2)[nH]n1. The maximum atomic E-state index is 13.3. The van der Waals surface area contributed by atoms with E-state index in [-0.39, 0.29) is 43.1 Å². The van der Waals surface area contributed by atoms with Gasteiger partial charge in [-0.1, -0.05) is 0 Å². The predicted octanol–water partition coefficient (Wildman–Crippen LogP) is 8.55. The fraction of sp³-hybridized carbons (Fsp3) is 0.588. The number of alkyl halides is 4. The molecule has 0 saturated heterocycles. The Balaban J connectivity index is 0.000000144. The summed E-state index contributed by atoms with van der Waals surface area (Å²) in [4.78, 5) is 16.9. The average Bonchev–Trinajstić information content (AvgIpc) is 3.97. The molecule has 4 aromatic heterocycles. The molecule has 10 nitrogen and oxygen atoms in total. The van der Waals surface area contributed by atoms with Crippen molar-refractivity contribution in [3.05, 3.63) is 64.7 Å². The minimum Gasteiger partial charge on any atom is -0.367 e. The van der Waals surface area contributed by atoms with Crippen LogP contribution in [0.3, 0.4) is 0 Å². The van der Waals surface area contributed by atoms with Gasteiger partial charge in [0.15, 0.2) is 0 Å². The highest BCUT2D eigenvalue weighted by Gasteiger charge is 2.36. The molecule has 4 fully saturated rings. The third kappa shape index (κ3) is 10.6. The minimum absolute atomic E-state index is 0.0337. The molecule has 0 aromatic carbocycles. The zero-order valence-electron chi connectivity index (χ0n) is 27.8. The maximum Gasteiger partial charge on any atom is 0.252 e. The third-order valence-electron chi connectivity index (χ3n) is 9.16. The zero-order valence-corrected chi connectivity index (χ0v) is 28.5. The molecule has 4 aromatic rings. The van der Waals surface area contributed by atoms with Crippen LogP contribution in [0.1, 0.15) is 112 Å². The van der Waals surface area contributed by atoms with E-state index in [1.165, 1.54) is 31.4 Å². The van der Waals surface area contributed by atoms with E-state index in [2.05, 4.69) is 51.9 Å².